The SMILES string of the molecule is O=C1C2=C(CSC2)S(=O)(=O)N1CCCCN1CCN(c2cncc(Cl)n2)CC1. The smallest absolute Gasteiger partial charge is 0.265 e. The number of nitrogens with zero attached hydrogens (tertiary/aromatic N) is 5. The molecule has 4 rings (SSSR count). The van der Waals surface area contributed by atoms with E-state index in [0.717, 1.165) is 49.3 Å². The molecule has 0 unspecified atom stereocenters. The van der Waals surface area contributed by atoms with E-state index in [1.807, 2.05) is 0 Å². The van der Waals surface area contributed by atoms with Crippen molar-refractivity contribution < 1.29 is 13.2 Å². The maximum Gasteiger partial charge on any atom is 0.265 e. The minimum Gasteiger partial charge on any atom is -0.353 e. The highest BCUT2D eigenvalue weighted by Gasteiger charge is 2.45. The van der Waals surface area contributed by atoms with Crippen LogP contribution in [0.25, 0.3) is 0 Å². The fourth-order valence-corrected chi connectivity index (χ4v) is 7.19. The van der Waals surface area contributed by atoms with Crippen LogP contribution in [-0.2, 0) is 14.8 Å². The summed E-state index contributed by atoms with van der Waals surface area (Å²) in [5, 5.41) is 0.394. The first kappa shape index (κ1) is 19.9. The van der Waals surface area contributed by atoms with Gasteiger partial charge in [0, 0.05) is 49.8 Å². The van der Waals surface area contributed by atoms with Gasteiger partial charge in [-0.2, -0.15) is 11.8 Å². The van der Waals surface area contributed by atoms with Gasteiger partial charge in [0.25, 0.3) is 15.9 Å². The molecule has 1 aromatic rings. The predicted octanol–water partition coefficient (Wildman–Crippen LogP) is 1.21. The lowest BCUT2D eigenvalue weighted by Crippen LogP contribution is -2.47. The number of anilines is 1. The fraction of sp³-hybridized carbons (Fsp3) is 0.588. The Bertz CT molecular complexity index is 900. The molecule has 0 aliphatic carbocycles. The quantitative estimate of drug-likeness (QED) is 0.606. The summed E-state index contributed by atoms with van der Waals surface area (Å²) in [5.74, 6) is 1.44. The average Bonchev–Trinajstić information content (AvgIpc) is 3.24. The Morgan fingerprint density at radius 2 is 1.82 bits per heavy atom. The van der Waals surface area contributed by atoms with Crippen molar-refractivity contribution in [3.05, 3.63) is 28.0 Å². The highest BCUT2D eigenvalue weighted by molar-refractivity contribution is 8.03. The van der Waals surface area contributed by atoms with E-state index >= 15 is 0 Å². The summed E-state index contributed by atoms with van der Waals surface area (Å²) in [6.45, 7) is 4.67. The predicted molar refractivity (Wildman–Crippen MR) is 110 cm³/mol. The second-order valence-electron chi connectivity index (χ2n) is 7.01. The van der Waals surface area contributed by atoms with Crippen molar-refractivity contribution in [2.24, 2.45) is 0 Å². The number of hydrogen-bond acceptors (Lipinski definition) is 8. The Kier molecular flexibility index (Phi) is 5.82. The van der Waals surface area contributed by atoms with Gasteiger partial charge in [-0.25, -0.2) is 17.7 Å². The Balaban J connectivity index is 1.20. The van der Waals surface area contributed by atoms with E-state index in [2.05, 4.69) is 19.8 Å². The third kappa shape index (κ3) is 3.87. The Labute approximate surface area is 174 Å². The number of thioether (sulfide) groups is 1. The van der Waals surface area contributed by atoms with E-state index in [1.54, 1.807) is 6.20 Å². The first-order chi connectivity index (χ1) is 13.5. The molecule has 1 aromatic heterocycles. The Morgan fingerprint density at radius 3 is 2.54 bits per heavy atom. The highest BCUT2D eigenvalue weighted by atomic mass is 35.5. The van der Waals surface area contributed by atoms with Crippen LogP contribution in [0.1, 0.15) is 12.8 Å². The van der Waals surface area contributed by atoms with Crippen LogP contribution in [0.3, 0.4) is 0 Å². The van der Waals surface area contributed by atoms with Gasteiger partial charge in [-0.1, -0.05) is 11.6 Å². The molecule has 0 atom stereocenters. The molecule has 0 bridgehead atoms. The molecule has 0 saturated carbocycles. The lowest BCUT2D eigenvalue weighted by molar-refractivity contribution is -0.122. The van der Waals surface area contributed by atoms with Crippen molar-refractivity contribution in [1.29, 1.82) is 0 Å². The number of aromatic nitrogens is 2. The van der Waals surface area contributed by atoms with E-state index in [4.69, 9.17) is 11.6 Å². The van der Waals surface area contributed by atoms with Crippen molar-refractivity contribution in [2.75, 3.05) is 55.7 Å². The summed E-state index contributed by atoms with van der Waals surface area (Å²) in [6, 6.07) is 0. The molecule has 4 heterocycles. The summed E-state index contributed by atoms with van der Waals surface area (Å²) >= 11 is 7.40. The van der Waals surface area contributed by atoms with Gasteiger partial charge in [0.05, 0.1) is 17.3 Å². The van der Waals surface area contributed by atoms with Crippen LogP contribution in [0.15, 0.2) is 22.9 Å². The minimum absolute atomic E-state index is 0.275. The zero-order valence-electron chi connectivity index (χ0n) is 15.4. The number of halogens is 1. The highest BCUT2D eigenvalue weighted by Crippen LogP contribution is 2.37. The molecule has 0 aromatic carbocycles. The van der Waals surface area contributed by atoms with Crippen molar-refractivity contribution in [2.45, 2.75) is 12.8 Å². The summed E-state index contributed by atoms with van der Waals surface area (Å²) < 4.78 is 26.0. The topological polar surface area (TPSA) is 86.7 Å². The number of rotatable bonds is 6. The van der Waals surface area contributed by atoms with Crippen LogP contribution in [-0.4, -0.2) is 84.3 Å². The molecule has 8 nitrogen and oxygen atoms in total. The molecular weight excluding hydrogens is 422 g/mol. The number of carbonyl (C=O) groups is 1. The molecular formula is C17H22ClN5O3S2. The summed E-state index contributed by atoms with van der Waals surface area (Å²) in [6.07, 6.45) is 4.78. The standard InChI is InChI=1S/C17H22ClN5O3S2/c18-15-9-19-10-16(20-15)22-7-5-21(6-8-22)3-1-2-4-23-17(24)13-11-27-12-14(13)28(23,25)26/h9-10H,1-8,11-12H2. The number of piperazine rings is 1. The van der Waals surface area contributed by atoms with Gasteiger partial charge in [-0.05, 0) is 19.4 Å². The molecule has 28 heavy (non-hydrogen) atoms. The van der Waals surface area contributed by atoms with Gasteiger partial charge in [0.1, 0.15) is 11.0 Å². The van der Waals surface area contributed by atoms with Crippen LogP contribution in [0.4, 0.5) is 5.82 Å². The van der Waals surface area contributed by atoms with Gasteiger partial charge in [-0.15, -0.1) is 0 Å². The molecule has 3 aliphatic rings. The first-order valence-corrected chi connectivity index (χ1v) is 12.3. The molecule has 0 N–H and O–H groups in total. The summed E-state index contributed by atoms with van der Waals surface area (Å²) in [4.78, 5) is 25.6. The molecule has 3 aliphatic heterocycles. The first-order valence-electron chi connectivity index (χ1n) is 9.28. The minimum atomic E-state index is -3.56. The Hall–Kier alpha value is -1.36. The van der Waals surface area contributed by atoms with Crippen LogP contribution in [0.5, 0.6) is 0 Å². The van der Waals surface area contributed by atoms with Crippen molar-refractivity contribution in [1.82, 2.24) is 19.2 Å². The third-order valence-electron chi connectivity index (χ3n) is 5.28. The normalized spacial score (nSPS) is 22.2. The van der Waals surface area contributed by atoms with Gasteiger partial charge in [0.2, 0.25) is 0 Å². The third-order valence-corrected chi connectivity index (χ3v) is 8.57. The molecule has 1 fully saturated rings. The zero-order valence-corrected chi connectivity index (χ0v) is 17.8. The Morgan fingerprint density at radius 1 is 1.07 bits per heavy atom. The molecule has 11 heteroatoms. The van der Waals surface area contributed by atoms with Crippen LogP contribution in [0.2, 0.25) is 5.15 Å². The number of hydrogen-bond donors (Lipinski definition) is 0. The number of unbranched alkanes of at least 4 members (excludes halogenated alkanes) is 1. The number of sulfonamides is 1. The number of carbonyl (C=O) groups excluding carboxylic acids is 1. The molecule has 1 amide bonds. The van der Waals surface area contributed by atoms with E-state index in [-0.39, 0.29) is 12.5 Å². The maximum absolute atomic E-state index is 12.5. The summed E-state index contributed by atoms with van der Waals surface area (Å²) in [7, 11) is -3.56. The van der Waals surface area contributed by atoms with Crippen LogP contribution in [0, 0.1) is 0 Å². The second kappa shape index (κ2) is 8.17. The van der Waals surface area contributed by atoms with E-state index in [0.29, 0.717) is 33.6 Å². The molecule has 0 radical (unpaired) electrons. The second-order valence-corrected chi connectivity index (χ2v) is 10.3. The monoisotopic (exact) mass is 443 g/mol. The largest absolute Gasteiger partial charge is 0.353 e. The van der Waals surface area contributed by atoms with E-state index in [1.165, 1.54) is 18.0 Å². The van der Waals surface area contributed by atoms with E-state index < -0.39 is 10.0 Å². The van der Waals surface area contributed by atoms with Crippen molar-refractivity contribution in [3.63, 3.8) is 0 Å². The molecule has 152 valence electrons. The molecule has 1 saturated heterocycles. The van der Waals surface area contributed by atoms with Gasteiger partial charge < -0.3 is 4.90 Å². The maximum atomic E-state index is 12.5. The lowest BCUT2D eigenvalue weighted by Gasteiger charge is -2.35. The van der Waals surface area contributed by atoms with Crippen LogP contribution >= 0.6 is 23.4 Å². The lowest BCUT2D eigenvalue weighted by atomic mass is 10.2. The van der Waals surface area contributed by atoms with Gasteiger partial charge in [0.15, 0.2) is 0 Å². The summed E-state index contributed by atoms with van der Waals surface area (Å²) in [5.41, 5.74) is 0.491. The van der Waals surface area contributed by atoms with Crippen molar-refractivity contribution in [3.8, 4) is 0 Å². The number of amides is 1. The molecule has 0 spiro atoms. The van der Waals surface area contributed by atoms with Gasteiger partial charge >= 0.3 is 0 Å². The van der Waals surface area contributed by atoms with Crippen LogP contribution < -0.4 is 4.90 Å². The van der Waals surface area contributed by atoms with E-state index in [9.17, 15) is 13.2 Å². The van der Waals surface area contributed by atoms with Crippen molar-refractivity contribution >= 4 is 45.1 Å². The fourth-order valence-electron chi connectivity index (χ4n) is 3.72. The average molecular weight is 444 g/mol. The zero-order chi connectivity index (χ0) is 19.7. The van der Waals surface area contributed by atoms with Gasteiger partial charge in [-0.3, -0.25) is 14.7 Å².